The van der Waals surface area contributed by atoms with Gasteiger partial charge in [-0.3, -0.25) is 0 Å². The van der Waals surface area contributed by atoms with Crippen molar-refractivity contribution < 1.29 is 10.2 Å². The van der Waals surface area contributed by atoms with E-state index < -0.39 is 6.10 Å². The third kappa shape index (κ3) is 2.70. The number of nitrogens with two attached hydrogens (primary N) is 1. The third-order valence-electron chi connectivity index (χ3n) is 1.50. The number of halogens is 1. The van der Waals surface area contributed by atoms with E-state index in [1.165, 1.54) is 12.1 Å². The molecule has 68 valence electrons. The minimum Gasteiger partial charge on any atom is -0.508 e. The molecule has 4 N–H and O–H groups in total. The number of benzene rings is 1. The van der Waals surface area contributed by atoms with Crippen molar-refractivity contribution in [1.82, 2.24) is 0 Å². The van der Waals surface area contributed by atoms with Crippen molar-refractivity contribution in [3.63, 3.8) is 0 Å². The molecule has 0 bridgehead atoms. The number of aliphatic hydroxyl groups is 1. The summed E-state index contributed by atoms with van der Waals surface area (Å²) in [6.45, 7) is 0.199. The van der Waals surface area contributed by atoms with E-state index in [1.807, 2.05) is 0 Å². The quantitative estimate of drug-likeness (QED) is 0.645. The predicted octanol–water partition coefficient (Wildman–Crippen LogP) is 0.806. The van der Waals surface area contributed by atoms with E-state index >= 15 is 0 Å². The van der Waals surface area contributed by atoms with Crippen molar-refractivity contribution in [2.45, 2.75) is 6.10 Å². The molecule has 0 spiro atoms. The largest absolute Gasteiger partial charge is 0.508 e. The van der Waals surface area contributed by atoms with Crippen molar-refractivity contribution in [2.24, 2.45) is 5.73 Å². The average molecular weight is 190 g/mol. The van der Waals surface area contributed by atoms with Crippen molar-refractivity contribution in [3.05, 3.63) is 29.8 Å². The summed E-state index contributed by atoms with van der Waals surface area (Å²) >= 11 is 0. The Kier molecular flexibility index (Phi) is 4.66. The average Bonchev–Trinajstić information content (AvgIpc) is 2.05. The molecule has 0 heterocycles. The van der Waals surface area contributed by atoms with Crippen LogP contribution in [0.4, 0.5) is 0 Å². The highest BCUT2D eigenvalue weighted by molar-refractivity contribution is 5.85. The molecule has 1 rings (SSSR count). The lowest BCUT2D eigenvalue weighted by Gasteiger charge is -2.06. The fourth-order valence-electron chi connectivity index (χ4n) is 0.833. The Morgan fingerprint density at radius 2 is 1.75 bits per heavy atom. The monoisotopic (exact) mass is 189 g/mol. The normalized spacial score (nSPS) is 11.8. The van der Waals surface area contributed by atoms with Crippen molar-refractivity contribution in [2.75, 3.05) is 6.54 Å². The summed E-state index contributed by atoms with van der Waals surface area (Å²) in [5.74, 6) is 0.193. The lowest BCUT2D eigenvalue weighted by molar-refractivity contribution is 0.186. The molecule has 0 aliphatic rings. The third-order valence-corrected chi connectivity index (χ3v) is 1.50. The van der Waals surface area contributed by atoms with Gasteiger partial charge in [0.2, 0.25) is 0 Å². The Balaban J connectivity index is 0.00000121. The Bertz CT molecular complexity index is 225. The van der Waals surface area contributed by atoms with E-state index in [2.05, 4.69) is 0 Å². The molecule has 0 aromatic heterocycles. The number of aliphatic hydroxyl groups excluding tert-OH is 1. The van der Waals surface area contributed by atoms with Gasteiger partial charge in [0.05, 0.1) is 6.10 Å². The van der Waals surface area contributed by atoms with Crippen LogP contribution >= 0.6 is 12.4 Å². The second-order valence-corrected chi connectivity index (χ2v) is 2.34. The molecule has 12 heavy (non-hydrogen) atoms. The topological polar surface area (TPSA) is 66.5 Å². The second-order valence-electron chi connectivity index (χ2n) is 2.34. The van der Waals surface area contributed by atoms with E-state index in [0.29, 0.717) is 0 Å². The van der Waals surface area contributed by atoms with Gasteiger partial charge in [-0.1, -0.05) is 12.1 Å². The molecule has 0 aliphatic carbocycles. The summed E-state index contributed by atoms with van der Waals surface area (Å²) in [7, 11) is 0. The maximum atomic E-state index is 9.21. The minimum atomic E-state index is -0.629. The van der Waals surface area contributed by atoms with Gasteiger partial charge in [-0.2, -0.15) is 0 Å². The minimum absolute atomic E-state index is 0. The zero-order chi connectivity index (χ0) is 8.27. The smallest absolute Gasteiger partial charge is 0.115 e. The van der Waals surface area contributed by atoms with E-state index in [4.69, 9.17) is 10.8 Å². The van der Waals surface area contributed by atoms with Gasteiger partial charge in [0.15, 0.2) is 0 Å². The van der Waals surface area contributed by atoms with Crippen LogP contribution in [0, 0.1) is 0 Å². The van der Waals surface area contributed by atoms with Crippen LogP contribution in [0.15, 0.2) is 24.3 Å². The van der Waals surface area contributed by atoms with Crippen LogP contribution in [0.3, 0.4) is 0 Å². The molecule has 1 aromatic carbocycles. The Hall–Kier alpha value is -0.770. The summed E-state index contributed by atoms with van der Waals surface area (Å²) in [4.78, 5) is 0. The predicted molar refractivity (Wildman–Crippen MR) is 49.4 cm³/mol. The molecule has 0 radical (unpaired) electrons. The standard InChI is InChI=1S/C8H11NO2.ClH/c9-5-8(11)6-1-3-7(10)4-2-6;/h1-4,8,10-11H,5,9H2;1H/t8-;/m1./s1. The zero-order valence-electron chi connectivity index (χ0n) is 6.47. The maximum absolute atomic E-state index is 9.21. The van der Waals surface area contributed by atoms with E-state index in [9.17, 15) is 5.11 Å². The Morgan fingerprint density at radius 3 is 2.17 bits per heavy atom. The van der Waals surface area contributed by atoms with Crippen molar-refractivity contribution in [1.29, 1.82) is 0 Å². The number of hydrogen-bond acceptors (Lipinski definition) is 3. The van der Waals surface area contributed by atoms with Crippen LogP contribution in [-0.2, 0) is 0 Å². The van der Waals surface area contributed by atoms with Crippen LogP contribution in [0.25, 0.3) is 0 Å². The van der Waals surface area contributed by atoms with Gasteiger partial charge >= 0.3 is 0 Å². The van der Waals surface area contributed by atoms with Crippen molar-refractivity contribution >= 4 is 12.4 Å². The molecule has 3 nitrogen and oxygen atoms in total. The number of rotatable bonds is 2. The van der Waals surface area contributed by atoms with Crippen LogP contribution in [0.5, 0.6) is 5.75 Å². The molecule has 0 amide bonds. The first-order valence-electron chi connectivity index (χ1n) is 3.41. The molecular formula is C8H12ClNO2. The summed E-state index contributed by atoms with van der Waals surface area (Å²) in [6.07, 6.45) is -0.629. The van der Waals surface area contributed by atoms with E-state index in [1.54, 1.807) is 12.1 Å². The molecule has 0 saturated carbocycles. The summed E-state index contributed by atoms with van der Waals surface area (Å²) in [5, 5.41) is 18.1. The van der Waals surface area contributed by atoms with E-state index in [0.717, 1.165) is 5.56 Å². The lowest BCUT2D eigenvalue weighted by Crippen LogP contribution is -2.10. The Labute approximate surface area is 77.2 Å². The second kappa shape index (κ2) is 4.98. The molecule has 1 atom stereocenters. The molecule has 0 saturated heterocycles. The van der Waals surface area contributed by atoms with E-state index in [-0.39, 0.29) is 24.7 Å². The van der Waals surface area contributed by atoms with Gasteiger partial charge in [-0.05, 0) is 17.7 Å². The number of phenols is 1. The number of aromatic hydroxyl groups is 1. The van der Waals surface area contributed by atoms with Crippen LogP contribution < -0.4 is 5.73 Å². The first-order valence-corrected chi connectivity index (χ1v) is 3.41. The summed E-state index contributed by atoms with van der Waals surface area (Å²) in [5.41, 5.74) is 5.96. The van der Waals surface area contributed by atoms with Crippen LogP contribution in [-0.4, -0.2) is 16.8 Å². The van der Waals surface area contributed by atoms with Gasteiger partial charge in [0.1, 0.15) is 5.75 Å². The molecule has 0 unspecified atom stereocenters. The van der Waals surface area contributed by atoms with Gasteiger partial charge in [0.25, 0.3) is 0 Å². The first-order chi connectivity index (χ1) is 5.24. The summed E-state index contributed by atoms with van der Waals surface area (Å²) < 4.78 is 0. The highest BCUT2D eigenvalue weighted by Crippen LogP contribution is 2.15. The molecule has 4 heteroatoms. The van der Waals surface area contributed by atoms with Gasteiger partial charge < -0.3 is 15.9 Å². The number of phenolic OH excluding ortho intramolecular Hbond substituents is 1. The van der Waals surface area contributed by atoms with Crippen LogP contribution in [0.2, 0.25) is 0 Å². The van der Waals surface area contributed by atoms with Crippen molar-refractivity contribution in [3.8, 4) is 5.75 Å². The molecule has 0 aliphatic heterocycles. The highest BCUT2D eigenvalue weighted by Gasteiger charge is 2.02. The zero-order valence-corrected chi connectivity index (χ0v) is 7.29. The molecule has 0 fully saturated rings. The highest BCUT2D eigenvalue weighted by atomic mass is 35.5. The van der Waals surface area contributed by atoms with Gasteiger partial charge in [0, 0.05) is 6.54 Å². The SMILES string of the molecule is Cl.NC[C@@H](O)c1ccc(O)cc1. The van der Waals surface area contributed by atoms with Crippen LogP contribution in [0.1, 0.15) is 11.7 Å². The van der Waals surface area contributed by atoms with Gasteiger partial charge in [-0.15, -0.1) is 12.4 Å². The summed E-state index contributed by atoms with van der Waals surface area (Å²) in [6, 6.07) is 6.34. The number of hydrogen-bond donors (Lipinski definition) is 3. The van der Waals surface area contributed by atoms with Gasteiger partial charge in [-0.25, -0.2) is 0 Å². The first kappa shape index (κ1) is 11.2. The molecule has 1 aromatic rings. The fourth-order valence-corrected chi connectivity index (χ4v) is 0.833. The fraction of sp³-hybridized carbons (Fsp3) is 0.250. The lowest BCUT2D eigenvalue weighted by atomic mass is 10.1. The molecular weight excluding hydrogens is 178 g/mol. The Morgan fingerprint density at radius 1 is 1.25 bits per heavy atom. The maximum Gasteiger partial charge on any atom is 0.115 e.